The molecule has 5 nitrogen and oxygen atoms in total. The minimum Gasteiger partial charge on any atom is -0.456 e. The van der Waals surface area contributed by atoms with E-state index in [0.717, 1.165) is 77.4 Å². The molecule has 5 heterocycles. The lowest BCUT2D eigenvalue weighted by atomic mass is 10.0. The summed E-state index contributed by atoms with van der Waals surface area (Å²) in [6.45, 7) is 0. The van der Waals surface area contributed by atoms with Crippen molar-refractivity contribution >= 4 is 104 Å². The van der Waals surface area contributed by atoms with Crippen LogP contribution < -0.4 is 0 Å². The van der Waals surface area contributed by atoms with Gasteiger partial charge in [0.2, 0.25) is 0 Å². The van der Waals surface area contributed by atoms with Crippen molar-refractivity contribution in [2.75, 3.05) is 0 Å². The van der Waals surface area contributed by atoms with Crippen LogP contribution in [0.5, 0.6) is 0 Å². The zero-order chi connectivity index (χ0) is 34.4. The average molecular weight is 675 g/mol. The molecule has 0 fully saturated rings. The van der Waals surface area contributed by atoms with Crippen LogP contribution in [0.1, 0.15) is 0 Å². The van der Waals surface area contributed by atoms with Gasteiger partial charge in [0.05, 0.1) is 44.0 Å². The fourth-order valence-corrected chi connectivity index (χ4v) is 9.27. The third-order valence-electron chi connectivity index (χ3n) is 11.4. The van der Waals surface area contributed by atoms with E-state index in [4.69, 9.17) is 14.4 Å². The normalized spacial score (nSPS) is 12.5. The molecule has 0 bridgehead atoms. The lowest BCUT2D eigenvalue weighted by Gasteiger charge is -2.15. The Balaban J connectivity index is 1.37. The summed E-state index contributed by atoms with van der Waals surface area (Å²) in [6, 6.07) is 56.1. The van der Waals surface area contributed by atoms with E-state index in [1.807, 2.05) is 6.07 Å². The summed E-state index contributed by atoms with van der Waals surface area (Å²) in [5.74, 6) is 0.789. The first kappa shape index (κ1) is 27.5. The summed E-state index contributed by atoms with van der Waals surface area (Å²) in [5, 5.41) is 11.6. The Morgan fingerprint density at radius 3 is 2.04 bits per heavy atom. The maximum absolute atomic E-state index is 6.80. The Morgan fingerprint density at radius 2 is 1.13 bits per heavy atom. The van der Waals surface area contributed by atoms with E-state index in [0.29, 0.717) is 0 Å². The van der Waals surface area contributed by atoms with Gasteiger partial charge < -0.3 is 8.82 Å². The van der Waals surface area contributed by atoms with Gasteiger partial charge in [-0.15, -0.1) is 0 Å². The number of para-hydroxylation sites is 3. The van der Waals surface area contributed by atoms with Gasteiger partial charge in [-0.3, -0.25) is 4.57 Å². The molecule has 0 spiro atoms. The van der Waals surface area contributed by atoms with E-state index < -0.39 is 0 Å². The van der Waals surface area contributed by atoms with Crippen LogP contribution >= 0.6 is 0 Å². The molecule has 8 aromatic carbocycles. The second kappa shape index (κ2) is 9.75. The van der Waals surface area contributed by atoms with Crippen LogP contribution in [0.3, 0.4) is 0 Å². The van der Waals surface area contributed by atoms with Gasteiger partial charge in [0.25, 0.3) is 0 Å². The number of rotatable bonds is 2. The highest BCUT2D eigenvalue weighted by Crippen LogP contribution is 2.48. The number of nitrogens with zero attached hydrogens (tertiary/aromatic N) is 4. The van der Waals surface area contributed by atoms with Crippen molar-refractivity contribution in [2.24, 2.45) is 0 Å². The van der Waals surface area contributed by atoms with Gasteiger partial charge in [0, 0.05) is 49.3 Å². The van der Waals surface area contributed by atoms with Crippen molar-refractivity contribution in [3.8, 4) is 17.1 Å². The van der Waals surface area contributed by atoms with Crippen molar-refractivity contribution < 1.29 is 4.42 Å². The molecule has 0 radical (unpaired) electrons. The molecule has 0 N–H and O–H groups in total. The molecule has 0 saturated heterocycles. The Kier molecular flexibility index (Phi) is 5.06. The minimum atomic E-state index is 0.789. The molecule has 13 rings (SSSR count). The first-order valence-electron chi connectivity index (χ1n) is 18.0. The van der Waals surface area contributed by atoms with Gasteiger partial charge in [-0.25, -0.2) is 9.97 Å². The average Bonchev–Trinajstić information content (AvgIpc) is 3.85. The molecule has 53 heavy (non-hydrogen) atoms. The van der Waals surface area contributed by atoms with E-state index in [-0.39, 0.29) is 0 Å². The van der Waals surface area contributed by atoms with Crippen LogP contribution in [0.4, 0.5) is 0 Å². The topological polar surface area (TPSA) is 48.3 Å². The predicted molar refractivity (Wildman–Crippen MR) is 219 cm³/mol. The first-order valence-corrected chi connectivity index (χ1v) is 18.0. The highest BCUT2D eigenvalue weighted by atomic mass is 16.3. The van der Waals surface area contributed by atoms with E-state index in [9.17, 15) is 0 Å². The lowest BCUT2D eigenvalue weighted by molar-refractivity contribution is 0.669. The largest absolute Gasteiger partial charge is 0.456 e. The Hall–Kier alpha value is -7.24. The van der Waals surface area contributed by atoms with Crippen molar-refractivity contribution in [3.63, 3.8) is 0 Å². The molecule has 0 amide bonds. The molecule has 0 aliphatic heterocycles. The summed E-state index contributed by atoms with van der Waals surface area (Å²) in [4.78, 5) is 11.1. The van der Waals surface area contributed by atoms with Gasteiger partial charge in [-0.05, 0) is 35.0 Å². The highest BCUT2D eigenvalue weighted by Gasteiger charge is 2.28. The van der Waals surface area contributed by atoms with E-state index in [1.165, 1.54) is 43.4 Å². The Bertz CT molecular complexity index is 3680. The second-order valence-corrected chi connectivity index (χ2v) is 14.1. The molecule has 13 aromatic rings. The van der Waals surface area contributed by atoms with Crippen LogP contribution in [0.25, 0.3) is 121 Å². The van der Waals surface area contributed by atoms with Gasteiger partial charge >= 0.3 is 0 Å². The van der Waals surface area contributed by atoms with E-state index >= 15 is 0 Å². The fourth-order valence-electron chi connectivity index (χ4n) is 9.27. The number of furan rings is 1. The monoisotopic (exact) mass is 674 g/mol. The van der Waals surface area contributed by atoms with E-state index in [2.05, 4.69) is 161 Å². The first-order chi connectivity index (χ1) is 26.3. The minimum absolute atomic E-state index is 0.789. The van der Waals surface area contributed by atoms with Crippen molar-refractivity contribution in [1.29, 1.82) is 0 Å². The zero-order valence-electron chi connectivity index (χ0n) is 28.2. The standard InChI is InChI=1S/C48H26N4O/c1-2-13-28(14-3-1)44-48(50-45-29-15-5-4-12-27(29)24-25-35(45)49-44)52-37-22-11-18-31-33-20-10-19-32-30-16-6-8-21-36(30)51(46(32)33)38-26-40-42(47(52)43(38)41(31)37)34-17-7-9-23-39(34)53-40/h1-26H. The molecule has 0 atom stereocenters. The predicted octanol–water partition coefficient (Wildman–Crippen LogP) is 12.6. The maximum atomic E-state index is 6.80. The van der Waals surface area contributed by atoms with E-state index in [1.54, 1.807) is 0 Å². The summed E-state index contributed by atoms with van der Waals surface area (Å²) >= 11 is 0. The number of fused-ring (bicyclic) bond motifs is 12. The number of benzene rings is 8. The van der Waals surface area contributed by atoms with Crippen molar-refractivity contribution in [1.82, 2.24) is 18.9 Å². The number of hydrogen-bond donors (Lipinski definition) is 0. The van der Waals surface area contributed by atoms with Crippen LogP contribution in [-0.4, -0.2) is 18.9 Å². The molecule has 244 valence electrons. The molecular formula is C48H26N4O. The van der Waals surface area contributed by atoms with Crippen LogP contribution in [0, 0.1) is 0 Å². The maximum Gasteiger partial charge on any atom is 0.165 e. The molecule has 0 saturated carbocycles. The molecule has 0 unspecified atom stereocenters. The summed E-state index contributed by atoms with van der Waals surface area (Å²) in [6.07, 6.45) is 0. The van der Waals surface area contributed by atoms with Gasteiger partial charge in [-0.2, -0.15) is 0 Å². The Morgan fingerprint density at radius 1 is 0.434 bits per heavy atom. The van der Waals surface area contributed by atoms with Crippen LogP contribution in [0.2, 0.25) is 0 Å². The van der Waals surface area contributed by atoms with Crippen molar-refractivity contribution in [3.05, 3.63) is 158 Å². The summed E-state index contributed by atoms with van der Waals surface area (Å²) < 4.78 is 11.7. The van der Waals surface area contributed by atoms with Crippen LogP contribution in [0.15, 0.2) is 162 Å². The third-order valence-corrected chi connectivity index (χ3v) is 11.4. The molecule has 5 aromatic heterocycles. The summed E-state index contributed by atoms with van der Waals surface area (Å²) in [7, 11) is 0. The molecule has 5 heteroatoms. The molecule has 0 aliphatic rings. The fraction of sp³-hybridized carbons (Fsp3) is 0. The Labute approximate surface area is 300 Å². The zero-order valence-corrected chi connectivity index (χ0v) is 28.2. The lowest BCUT2D eigenvalue weighted by Crippen LogP contribution is -2.04. The molecular weight excluding hydrogens is 649 g/mol. The molecule has 0 aliphatic carbocycles. The van der Waals surface area contributed by atoms with Crippen LogP contribution in [-0.2, 0) is 0 Å². The SMILES string of the molecule is c1ccc(-c2nc3ccc4ccccc4c3nc2-n2c3cccc4c5cccc6c7ccccc7n(c7cc8oc9ccccc9c8c2c7c43)c56)cc1. The number of aromatic nitrogens is 4. The summed E-state index contributed by atoms with van der Waals surface area (Å²) in [5.41, 5.74) is 10.9. The van der Waals surface area contributed by atoms with Gasteiger partial charge in [-0.1, -0.05) is 127 Å². The highest BCUT2D eigenvalue weighted by molar-refractivity contribution is 6.36. The quantitative estimate of drug-likeness (QED) is 0.172. The third kappa shape index (κ3) is 3.42. The smallest absolute Gasteiger partial charge is 0.165 e. The van der Waals surface area contributed by atoms with Gasteiger partial charge in [0.1, 0.15) is 16.9 Å². The van der Waals surface area contributed by atoms with Crippen molar-refractivity contribution in [2.45, 2.75) is 0 Å². The second-order valence-electron chi connectivity index (χ2n) is 14.1. The van der Waals surface area contributed by atoms with Gasteiger partial charge in [0.15, 0.2) is 5.82 Å². The number of hydrogen-bond acceptors (Lipinski definition) is 3.